The number of allylic oxidation sites excluding steroid dienone is 2. The highest BCUT2D eigenvalue weighted by atomic mass is 35.5. The summed E-state index contributed by atoms with van der Waals surface area (Å²) in [4.78, 5) is 26.4. The maximum Gasteiger partial charge on any atom is 0.254 e. The highest BCUT2D eigenvalue weighted by Crippen LogP contribution is 2.65. The van der Waals surface area contributed by atoms with Gasteiger partial charge in [-0.3, -0.25) is 9.59 Å². The van der Waals surface area contributed by atoms with E-state index < -0.39 is 0 Å². The predicted molar refractivity (Wildman–Crippen MR) is 132 cm³/mol. The van der Waals surface area contributed by atoms with Crippen LogP contribution >= 0.6 is 23.2 Å². The van der Waals surface area contributed by atoms with Gasteiger partial charge in [0.25, 0.3) is 11.8 Å². The number of para-hydroxylation sites is 1. The van der Waals surface area contributed by atoms with E-state index in [1.165, 1.54) is 0 Å². The SMILES string of the molecule is O=C1[C@@H]2[C@@H]3C=C[C@H]([C@H]4C[C@H]34)[C@@H]2C(=O)N1/N=C\c1cn(Cc2ccc(Cl)c(Cl)c2)c2ccccc12. The van der Waals surface area contributed by atoms with Gasteiger partial charge in [0.2, 0.25) is 0 Å². The van der Waals surface area contributed by atoms with Crippen LogP contribution in [0, 0.1) is 35.5 Å². The number of nitrogens with zero attached hydrogens (tertiary/aromatic N) is 3. The minimum absolute atomic E-state index is 0.143. The molecular weight excluding hydrogens is 469 g/mol. The molecular formula is C27H21Cl2N3O2. The fourth-order valence-electron chi connectivity index (χ4n) is 6.52. The van der Waals surface area contributed by atoms with Crippen LogP contribution in [0.25, 0.3) is 10.9 Å². The average Bonchev–Trinajstić information content (AvgIpc) is 3.55. The van der Waals surface area contributed by atoms with E-state index in [1.807, 2.05) is 42.6 Å². The smallest absolute Gasteiger partial charge is 0.254 e. The second kappa shape index (κ2) is 7.30. The van der Waals surface area contributed by atoms with Crippen molar-refractivity contribution in [2.24, 2.45) is 40.6 Å². The molecule has 4 aliphatic carbocycles. The van der Waals surface area contributed by atoms with E-state index in [-0.39, 0.29) is 35.5 Å². The van der Waals surface area contributed by atoms with E-state index in [1.54, 1.807) is 12.3 Å². The lowest BCUT2D eigenvalue weighted by atomic mass is 9.63. The highest BCUT2D eigenvalue weighted by Gasteiger charge is 2.67. The zero-order valence-electron chi connectivity index (χ0n) is 18.1. The summed E-state index contributed by atoms with van der Waals surface area (Å²) in [5, 5.41) is 7.63. The third-order valence-electron chi connectivity index (χ3n) is 8.11. The van der Waals surface area contributed by atoms with Crippen molar-refractivity contribution in [3.05, 3.63) is 82.0 Å². The standard InChI is InChI=1S/C27H21Cl2N3O2/c28-21-8-5-14(9-22(21)29)12-31-13-15(16-3-1-2-4-23(16)31)11-30-32-26(33)24-17-6-7-18(20-10-19(17)20)25(24)27(32)34/h1-9,11,13,17-20,24-25H,10,12H2/b30-11-/t17-,18-,19-,20-,24-,25+/m1/s1. The molecule has 5 aliphatic rings. The second-order valence-corrected chi connectivity index (χ2v) is 10.7. The molecule has 170 valence electrons. The molecule has 7 heteroatoms. The third-order valence-corrected chi connectivity index (χ3v) is 8.85. The number of benzene rings is 2. The third kappa shape index (κ3) is 2.90. The molecule has 0 unspecified atom stereocenters. The number of hydrogen-bond donors (Lipinski definition) is 0. The van der Waals surface area contributed by atoms with Crippen LogP contribution in [0.1, 0.15) is 17.5 Å². The van der Waals surface area contributed by atoms with Gasteiger partial charge in [-0.15, -0.1) is 0 Å². The molecule has 0 N–H and O–H groups in total. The van der Waals surface area contributed by atoms with Crippen LogP contribution in [0.15, 0.2) is 65.9 Å². The molecule has 0 spiro atoms. The molecule has 2 aromatic carbocycles. The molecule has 34 heavy (non-hydrogen) atoms. The van der Waals surface area contributed by atoms with Crippen LogP contribution < -0.4 is 0 Å². The van der Waals surface area contributed by atoms with Gasteiger partial charge in [-0.1, -0.05) is 59.6 Å². The van der Waals surface area contributed by atoms with Gasteiger partial charge in [-0.25, -0.2) is 0 Å². The highest BCUT2D eigenvalue weighted by molar-refractivity contribution is 6.42. The van der Waals surface area contributed by atoms with Crippen molar-refractivity contribution in [1.29, 1.82) is 0 Å². The topological polar surface area (TPSA) is 54.7 Å². The van der Waals surface area contributed by atoms with E-state index in [0.717, 1.165) is 33.5 Å². The molecule has 2 bridgehead atoms. The van der Waals surface area contributed by atoms with Crippen LogP contribution in [0.5, 0.6) is 0 Å². The Morgan fingerprint density at radius 3 is 2.35 bits per heavy atom. The number of rotatable bonds is 4. The molecule has 1 aromatic heterocycles. The zero-order chi connectivity index (χ0) is 23.1. The van der Waals surface area contributed by atoms with Crippen LogP contribution in [0.2, 0.25) is 10.0 Å². The van der Waals surface area contributed by atoms with Gasteiger partial charge >= 0.3 is 0 Å². The summed E-state index contributed by atoms with van der Waals surface area (Å²) in [5.74, 6) is 0.798. The van der Waals surface area contributed by atoms with Crippen molar-refractivity contribution in [3.63, 3.8) is 0 Å². The number of fused-ring (bicyclic) bond motifs is 1. The van der Waals surface area contributed by atoms with Gasteiger partial charge in [0.1, 0.15) is 0 Å². The number of hydrazone groups is 1. The molecule has 0 radical (unpaired) electrons. The lowest BCUT2D eigenvalue weighted by molar-refractivity contribution is -0.140. The molecule has 2 saturated carbocycles. The van der Waals surface area contributed by atoms with E-state index in [0.29, 0.717) is 28.4 Å². The number of aromatic nitrogens is 1. The fraction of sp³-hybridized carbons (Fsp3) is 0.296. The second-order valence-electron chi connectivity index (χ2n) is 9.87. The van der Waals surface area contributed by atoms with Crippen molar-refractivity contribution in [2.75, 3.05) is 0 Å². The predicted octanol–water partition coefficient (Wildman–Crippen LogP) is 5.38. The molecule has 6 atom stereocenters. The summed E-state index contributed by atoms with van der Waals surface area (Å²) in [6.07, 6.45) is 9.15. The molecule has 3 aromatic rings. The first-order valence-corrected chi connectivity index (χ1v) is 12.4. The Hall–Kier alpha value is -2.89. The van der Waals surface area contributed by atoms with Crippen molar-refractivity contribution < 1.29 is 9.59 Å². The maximum atomic E-state index is 13.2. The number of imide groups is 1. The Morgan fingerprint density at radius 2 is 1.65 bits per heavy atom. The summed E-state index contributed by atoms with van der Waals surface area (Å²) < 4.78 is 2.11. The number of hydrogen-bond acceptors (Lipinski definition) is 3. The van der Waals surface area contributed by atoms with Gasteiger partial charge in [0, 0.05) is 29.2 Å². The largest absolute Gasteiger partial charge is 0.342 e. The Labute approximate surface area is 206 Å². The Bertz CT molecular complexity index is 1400. The Kier molecular flexibility index (Phi) is 4.40. The van der Waals surface area contributed by atoms with Crippen molar-refractivity contribution in [2.45, 2.75) is 13.0 Å². The lowest BCUT2D eigenvalue weighted by Gasteiger charge is -2.37. The van der Waals surface area contributed by atoms with Crippen molar-refractivity contribution in [3.8, 4) is 0 Å². The quantitative estimate of drug-likeness (QED) is 0.280. The maximum absolute atomic E-state index is 13.2. The summed E-state index contributed by atoms with van der Waals surface area (Å²) >= 11 is 12.3. The number of carbonyl (C=O) groups excluding carboxylic acids is 2. The minimum Gasteiger partial charge on any atom is -0.342 e. The van der Waals surface area contributed by atoms with Crippen LogP contribution in [0.3, 0.4) is 0 Å². The van der Waals surface area contributed by atoms with E-state index >= 15 is 0 Å². The van der Waals surface area contributed by atoms with Crippen LogP contribution in [0.4, 0.5) is 0 Å². The fourth-order valence-corrected chi connectivity index (χ4v) is 6.84. The first-order valence-electron chi connectivity index (χ1n) is 11.6. The van der Waals surface area contributed by atoms with Gasteiger partial charge in [-0.05, 0) is 53.9 Å². The molecule has 3 fully saturated rings. The minimum atomic E-state index is -0.237. The van der Waals surface area contributed by atoms with Crippen LogP contribution in [-0.4, -0.2) is 27.6 Å². The molecule has 2 amide bonds. The number of carbonyl (C=O) groups is 2. The Balaban J connectivity index is 1.20. The number of halogens is 2. The van der Waals surface area contributed by atoms with Gasteiger partial charge in [0.15, 0.2) is 0 Å². The van der Waals surface area contributed by atoms with E-state index in [9.17, 15) is 9.59 Å². The summed E-state index contributed by atoms with van der Waals surface area (Å²) in [6.45, 7) is 0.606. The summed E-state index contributed by atoms with van der Waals surface area (Å²) in [5.41, 5.74) is 2.91. The van der Waals surface area contributed by atoms with E-state index in [2.05, 4.69) is 21.8 Å². The average molecular weight is 490 g/mol. The number of amides is 2. The molecule has 8 rings (SSSR count). The van der Waals surface area contributed by atoms with E-state index in [4.69, 9.17) is 23.2 Å². The van der Waals surface area contributed by atoms with Gasteiger partial charge in [-0.2, -0.15) is 10.1 Å². The first kappa shape index (κ1) is 20.5. The summed E-state index contributed by atoms with van der Waals surface area (Å²) in [7, 11) is 0. The van der Waals surface area contributed by atoms with Crippen LogP contribution in [-0.2, 0) is 16.1 Å². The monoisotopic (exact) mass is 489 g/mol. The zero-order valence-corrected chi connectivity index (χ0v) is 19.7. The molecule has 5 nitrogen and oxygen atoms in total. The molecule has 1 saturated heterocycles. The van der Waals surface area contributed by atoms with Gasteiger partial charge in [0.05, 0.1) is 28.1 Å². The lowest BCUT2D eigenvalue weighted by Crippen LogP contribution is -2.40. The molecule has 1 aliphatic heterocycles. The Morgan fingerprint density at radius 1 is 0.941 bits per heavy atom. The molecule has 2 heterocycles. The van der Waals surface area contributed by atoms with Crippen molar-refractivity contribution >= 4 is 52.1 Å². The summed E-state index contributed by atoms with van der Waals surface area (Å²) in [6, 6.07) is 13.6. The first-order chi connectivity index (χ1) is 16.5. The van der Waals surface area contributed by atoms with Crippen molar-refractivity contribution in [1.82, 2.24) is 9.58 Å². The van der Waals surface area contributed by atoms with Gasteiger partial charge < -0.3 is 4.57 Å². The normalized spacial score (nSPS) is 31.1.